The highest BCUT2D eigenvalue weighted by molar-refractivity contribution is 6.42. The number of rotatable bonds is 5. The number of amides is 2. The highest BCUT2D eigenvalue weighted by Gasteiger charge is 2.37. The van der Waals surface area contributed by atoms with Crippen molar-refractivity contribution in [1.82, 2.24) is 20.2 Å². The summed E-state index contributed by atoms with van der Waals surface area (Å²) in [7, 11) is 1.31. The Kier molecular flexibility index (Phi) is 6.70. The topological polar surface area (TPSA) is 87.3 Å². The molecule has 156 valence electrons. The number of carbonyl (C=O) groups excluding carboxylic acids is 2. The van der Waals surface area contributed by atoms with Gasteiger partial charge in [0.1, 0.15) is 12.1 Å². The summed E-state index contributed by atoms with van der Waals surface area (Å²) < 4.78 is 4.89. The smallest absolute Gasteiger partial charge is 0.328 e. The van der Waals surface area contributed by atoms with Gasteiger partial charge in [0.05, 0.1) is 29.2 Å². The number of urea groups is 1. The summed E-state index contributed by atoms with van der Waals surface area (Å²) in [4.78, 5) is 34.7. The van der Waals surface area contributed by atoms with Crippen LogP contribution < -0.4 is 5.32 Å². The van der Waals surface area contributed by atoms with Crippen molar-refractivity contribution in [3.05, 3.63) is 51.5 Å². The van der Waals surface area contributed by atoms with E-state index in [1.54, 1.807) is 23.4 Å². The maximum atomic E-state index is 13.3. The molecule has 1 unspecified atom stereocenters. The Morgan fingerprint density at radius 3 is 2.86 bits per heavy atom. The predicted molar refractivity (Wildman–Crippen MR) is 111 cm³/mol. The van der Waals surface area contributed by atoms with E-state index in [4.69, 9.17) is 27.9 Å². The van der Waals surface area contributed by atoms with Crippen molar-refractivity contribution in [3.8, 4) is 0 Å². The van der Waals surface area contributed by atoms with E-state index in [-0.39, 0.29) is 11.9 Å². The highest BCUT2D eigenvalue weighted by Crippen LogP contribution is 2.39. The molecule has 3 atom stereocenters. The minimum atomic E-state index is -0.742. The second-order valence-corrected chi connectivity index (χ2v) is 7.88. The minimum Gasteiger partial charge on any atom is -0.467 e. The number of fused-ring (bicyclic) bond motifs is 1. The summed E-state index contributed by atoms with van der Waals surface area (Å²) in [5.74, 6) is -0.548. The third-order valence-electron chi connectivity index (χ3n) is 5.41. The van der Waals surface area contributed by atoms with Crippen LogP contribution in [-0.4, -0.2) is 46.6 Å². The molecule has 0 saturated heterocycles. The molecule has 0 spiro atoms. The van der Waals surface area contributed by atoms with E-state index in [0.29, 0.717) is 40.7 Å². The lowest BCUT2D eigenvalue weighted by molar-refractivity contribution is -0.144. The number of hydrogen-bond acceptors (Lipinski definition) is 4. The molecule has 2 aromatic rings. The number of carbonyl (C=O) groups is 2. The fraction of sp³-hybridized carbons (Fsp3) is 0.450. The van der Waals surface area contributed by atoms with Gasteiger partial charge in [-0.2, -0.15) is 0 Å². The Balaban J connectivity index is 1.97. The maximum absolute atomic E-state index is 13.3. The van der Waals surface area contributed by atoms with Gasteiger partial charge in [-0.25, -0.2) is 14.6 Å². The lowest BCUT2D eigenvalue weighted by Gasteiger charge is -2.37. The molecule has 2 N–H and O–H groups in total. The second kappa shape index (κ2) is 9.05. The van der Waals surface area contributed by atoms with Gasteiger partial charge in [-0.05, 0) is 12.0 Å². The Hall–Kier alpha value is -2.25. The fourth-order valence-electron chi connectivity index (χ4n) is 3.55. The first-order valence-corrected chi connectivity index (χ1v) is 10.3. The van der Waals surface area contributed by atoms with Crippen molar-refractivity contribution in [3.63, 3.8) is 0 Å². The summed E-state index contributed by atoms with van der Waals surface area (Å²) in [5.41, 5.74) is 2.34. The molecule has 2 heterocycles. The number of nitrogens with zero attached hydrogens (tertiary/aromatic N) is 2. The fourth-order valence-corrected chi connectivity index (χ4v) is 3.97. The van der Waals surface area contributed by atoms with E-state index in [0.717, 1.165) is 5.69 Å². The van der Waals surface area contributed by atoms with Gasteiger partial charge in [-0.1, -0.05) is 55.6 Å². The van der Waals surface area contributed by atoms with Gasteiger partial charge in [-0.15, -0.1) is 0 Å². The molecular weight excluding hydrogens is 415 g/mol. The molecule has 2 amide bonds. The predicted octanol–water partition coefficient (Wildman–Crippen LogP) is 3.96. The van der Waals surface area contributed by atoms with Crippen LogP contribution in [0.25, 0.3) is 0 Å². The van der Waals surface area contributed by atoms with Crippen LogP contribution in [0.4, 0.5) is 4.79 Å². The molecule has 1 aromatic carbocycles. The van der Waals surface area contributed by atoms with Gasteiger partial charge >= 0.3 is 12.0 Å². The van der Waals surface area contributed by atoms with Crippen LogP contribution in [0.5, 0.6) is 0 Å². The summed E-state index contributed by atoms with van der Waals surface area (Å²) in [5, 5.41) is 3.62. The number of imidazole rings is 1. The molecular formula is C20H24Cl2N4O3. The molecule has 1 aliphatic rings. The normalized spacial score (nSPS) is 18.0. The van der Waals surface area contributed by atoms with Crippen molar-refractivity contribution in [2.75, 3.05) is 13.7 Å². The van der Waals surface area contributed by atoms with Gasteiger partial charge in [0.15, 0.2) is 0 Å². The number of nitrogens with one attached hydrogen (secondary N) is 2. The van der Waals surface area contributed by atoms with Gasteiger partial charge in [0, 0.05) is 24.2 Å². The second-order valence-electron chi connectivity index (χ2n) is 7.09. The number of halogens is 2. The van der Waals surface area contributed by atoms with E-state index in [2.05, 4.69) is 15.3 Å². The molecule has 0 fully saturated rings. The quantitative estimate of drug-likeness (QED) is 0.691. The van der Waals surface area contributed by atoms with Crippen LogP contribution >= 0.6 is 23.2 Å². The number of benzene rings is 1. The van der Waals surface area contributed by atoms with E-state index in [9.17, 15) is 9.59 Å². The first kappa shape index (κ1) is 21.5. The zero-order valence-electron chi connectivity index (χ0n) is 16.5. The summed E-state index contributed by atoms with van der Waals surface area (Å²) >= 11 is 12.7. The highest BCUT2D eigenvalue weighted by atomic mass is 35.5. The van der Waals surface area contributed by atoms with Crippen molar-refractivity contribution in [2.24, 2.45) is 5.92 Å². The first-order valence-electron chi connectivity index (χ1n) is 9.50. The molecule has 9 heteroatoms. The maximum Gasteiger partial charge on any atom is 0.328 e. The Morgan fingerprint density at radius 2 is 2.17 bits per heavy atom. The number of H-pyrrole nitrogens is 1. The standard InChI is InChI=1S/C20H24Cl2N4O3/c1-4-11(2)16(19(27)29-3)25-20(28)26-9-8-14-17(24-10-23-14)18(26)12-6-5-7-13(21)15(12)22/h5-7,10-11,16,18H,4,8-9H2,1-3H3,(H,23,24)(H,25,28)/t11-,16+,18?/m1/s1. The van der Waals surface area contributed by atoms with Gasteiger partial charge in [0.2, 0.25) is 0 Å². The average molecular weight is 439 g/mol. The number of aromatic nitrogens is 2. The number of hydrogen-bond donors (Lipinski definition) is 2. The third-order valence-corrected chi connectivity index (χ3v) is 6.24. The van der Waals surface area contributed by atoms with Crippen LogP contribution in [0.15, 0.2) is 24.5 Å². The molecule has 1 aromatic heterocycles. The van der Waals surface area contributed by atoms with Gasteiger partial charge in [0.25, 0.3) is 0 Å². The number of aromatic amines is 1. The van der Waals surface area contributed by atoms with Gasteiger partial charge < -0.3 is 19.9 Å². The number of esters is 1. The van der Waals surface area contributed by atoms with Crippen molar-refractivity contribution in [1.29, 1.82) is 0 Å². The number of ether oxygens (including phenoxy) is 1. The average Bonchev–Trinajstić information content (AvgIpc) is 3.21. The summed E-state index contributed by atoms with van der Waals surface area (Å²) in [6.07, 6.45) is 2.94. The van der Waals surface area contributed by atoms with Crippen LogP contribution in [0.3, 0.4) is 0 Å². The van der Waals surface area contributed by atoms with Crippen molar-refractivity contribution >= 4 is 35.2 Å². The Morgan fingerprint density at radius 1 is 1.41 bits per heavy atom. The molecule has 0 radical (unpaired) electrons. The summed E-state index contributed by atoms with van der Waals surface area (Å²) in [6.45, 7) is 4.29. The zero-order valence-corrected chi connectivity index (χ0v) is 18.0. The SMILES string of the molecule is CC[C@@H](C)[C@H](NC(=O)N1CCc2[nH]cnc2C1c1cccc(Cl)c1Cl)C(=O)OC. The molecule has 0 saturated carbocycles. The third kappa shape index (κ3) is 4.21. The van der Waals surface area contributed by atoms with Gasteiger partial charge in [-0.3, -0.25) is 0 Å². The van der Waals surface area contributed by atoms with Crippen LogP contribution in [0.2, 0.25) is 10.0 Å². The minimum absolute atomic E-state index is 0.0784. The van der Waals surface area contributed by atoms with Crippen molar-refractivity contribution in [2.45, 2.75) is 38.8 Å². The van der Waals surface area contributed by atoms with E-state index >= 15 is 0 Å². The summed E-state index contributed by atoms with van der Waals surface area (Å²) in [6, 6.07) is 3.67. The molecule has 1 aliphatic heterocycles. The molecule has 29 heavy (non-hydrogen) atoms. The van der Waals surface area contributed by atoms with E-state index < -0.39 is 18.1 Å². The van der Waals surface area contributed by atoms with E-state index in [1.807, 2.05) is 19.9 Å². The molecule has 0 bridgehead atoms. The monoisotopic (exact) mass is 438 g/mol. The molecule has 3 rings (SSSR count). The first-order chi connectivity index (χ1) is 13.9. The van der Waals surface area contributed by atoms with Crippen LogP contribution in [0, 0.1) is 5.92 Å². The van der Waals surface area contributed by atoms with Crippen molar-refractivity contribution < 1.29 is 14.3 Å². The van der Waals surface area contributed by atoms with E-state index in [1.165, 1.54) is 7.11 Å². The van der Waals surface area contributed by atoms with Crippen LogP contribution in [0.1, 0.15) is 43.3 Å². The lowest BCUT2D eigenvalue weighted by Crippen LogP contribution is -2.53. The molecule has 0 aliphatic carbocycles. The largest absolute Gasteiger partial charge is 0.467 e. The lowest BCUT2D eigenvalue weighted by atomic mass is 9.95. The zero-order chi connectivity index (χ0) is 21.1. The Bertz CT molecular complexity index is 902. The molecule has 7 nitrogen and oxygen atoms in total. The number of methoxy groups -OCH3 is 1. The Labute approximate surface area is 179 Å². The van der Waals surface area contributed by atoms with Crippen LogP contribution in [-0.2, 0) is 16.0 Å².